The Morgan fingerprint density at radius 1 is 1.20 bits per heavy atom. The van der Waals surface area contributed by atoms with Gasteiger partial charge in [0.25, 0.3) is 0 Å². The van der Waals surface area contributed by atoms with Crippen molar-refractivity contribution < 1.29 is 0 Å². The summed E-state index contributed by atoms with van der Waals surface area (Å²) >= 11 is 0. The quantitative estimate of drug-likeness (QED) is 0.784. The molecule has 5 nitrogen and oxygen atoms in total. The van der Waals surface area contributed by atoms with E-state index in [-0.39, 0.29) is 6.04 Å². The molecule has 0 amide bonds. The fourth-order valence-electron chi connectivity index (χ4n) is 2.51. The van der Waals surface area contributed by atoms with Crippen LogP contribution in [0.2, 0.25) is 0 Å². The zero-order valence-electron chi connectivity index (χ0n) is 11.6. The van der Waals surface area contributed by atoms with Gasteiger partial charge >= 0.3 is 0 Å². The first-order valence-corrected chi connectivity index (χ1v) is 6.62. The number of nitrogens with zero attached hydrogens (tertiary/aromatic N) is 4. The fraction of sp³-hybridized carbons (Fsp3) is 0.267. The number of nitrogens with one attached hydrogen (secondary N) is 1. The third kappa shape index (κ3) is 2.28. The van der Waals surface area contributed by atoms with Crippen LogP contribution in [0.1, 0.15) is 17.3 Å². The zero-order valence-corrected chi connectivity index (χ0v) is 11.6. The first kappa shape index (κ1) is 12.7. The number of hydrogen-bond donors (Lipinski definition) is 1. The second kappa shape index (κ2) is 5.38. The molecule has 1 aromatic carbocycles. The van der Waals surface area contributed by atoms with Gasteiger partial charge in [0, 0.05) is 42.9 Å². The van der Waals surface area contributed by atoms with E-state index in [2.05, 4.69) is 32.5 Å². The summed E-state index contributed by atoms with van der Waals surface area (Å²) in [5, 5.41) is 9.15. The second-order valence-corrected chi connectivity index (χ2v) is 4.80. The van der Waals surface area contributed by atoms with Gasteiger partial charge in [-0.15, -0.1) is 0 Å². The van der Waals surface area contributed by atoms with Gasteiger partial charge in [0.2, 0.25) is 0 Å². The summed E-state index contributed by atoms with van der Waals surface area (Å²) in [6.07, 6.45) is 6.05. The Morgan fingerprint density at radius 2 is 1.95 bits per heavy atom. The lowest BCUT2D eigenvalue weighted by Gasteiger charge is -2.14. The molecular formula is C15H17N5. The minimum atomic E-state index is 0.162. The minimum Gasteiger partial charge on any atom is -0.313 e. The van der Waals surface area contributed by atoms with Crippen LogP contribution in [0, 0.1) is 0 Å². The van der Waals surface area contributed by atoms with Crippen molar-refractivity contribution >= 4 is 10.9 Å². The summed E-state index contributed by atoms with van der Waals surface area (Å²) in [6.45, 7) is 0. The number of likely N-dealkylation sites (N-methyl/N-ethyl adjacent to an activating group) is 1. The summed E-state index contributed by atoms with van der Waals surface area (Å²) < 4.78 is 1.93. The third-order valence-electron chi connectivity index (χ3n) is 3.56. The van der Waals surface area contributed by atoms with Gasteiger partial charge in [-0.2, -0.15) is 5.10 Å². The highest BCUT2D eigenvalue weighted by atomic mass is 15.3. The molecule has 0 aliphatic rings. The smallest absolute Gasteiger partial charge is 0.115 e. The van der Waals surface area contributed by atoms with Crippen LogP contribution in [-0.2, 0) is 13.5 Å². The van der Waals surface area contributed by atoms with Gasteiger partial charge in [0.05, 0.1) is 11.2 Å². The van der Waals surface area contributed by atoms with Gasteiger partial charge in [0.15, 0.2) is 0 Å². The Bertz CT molecular complexity index is 705. The Morgan fingerprint density at radius 3 is 2.70 bits per heavy atom. The van der Waals surface area contributed by atoms with Crippen molar-refractivity contribution in [3.8, 4) is 0 Å². The standard InChI is InChI=1S/C15H17N5/c1-16-13(11-8-17-10-18-9-11)7-14-12-5-3-4-6-15(12)20(2)19-14/h3-6,8-10,13,16H,7H2,1-2H3. The molecule has 5 heteroatoms. The third-order valence-corrected chi connectivity index (χ3v) is 3.56. The molecule has 0 radical (unpaired) electrons. The number of hydrogen-bond acceptors (Lipinski definition) is 4. The van der Waals surface area contributed by atoms with Crippen molar-refractivity contribution in [1.82, 2.24) is 25.1 Å². The Kier molecular flexibility index (Phi) is 3.43. The Labute approximate surface area is 117 Å². The lowest BCUT2D eigenvalue weighted by atomic mass is 10.0. The number of benzene rings is 1. The van der Waals surface area contributed by atoms with E-state index in [1.807, 2.05) is 43.3 Å². The van der Waals surface area contributed by atoms with Gasteiger partial charge < -0.3 is 5.32 Å². The molecule has 0 fully saturated rings. The Balaban J connectivity index is 1.96. The highest BCUT2D eigenvalue weighted by Crippen LogP contribution is 2.22. The van der Waals surface area contributed by atoms with Crippen molar-refractivity contribution in [2.45, 2.75) is 12.5 Å². The average Bonchev–Trinajstić information content (AvgIpc) is 2.82. The largest absolute Gasteiger partial charge is 0.313 e. The lowest BCUT2D eigenvalue weighted by Crippen LogP contribution is -2.19. The number of aryl methyl sites for hydroxylation is 1. The maximum absolute atomic E-state index is 4.64. The lowest BCUT2D eigenvalue weighted by molar-refractivity contribution is 0.575. The van der Waals surface area contributed by atoms with Gasteiger partial charge in [-0.1, -0.05) is 18.2 Å². The number of aromatic nitrogens is 4. The van der Waals surface area contributed by atoms with E-state index in [0.29, 0.717) is 0 Å². The van der Waals surface area contributed by atoms with E-state index in [1.165, 1.54) is 5.39 Å². The van der Waals surface area contributed by atoms with E-state index < -0.39 is 0 Å². The number of fused-ring (bicyclic) bond motifs is 1. The highest BCUT2D eigenvalue weighted by molar-refractivity contribution is 5.81. The van der Waals surface area contributed by atoms with Crippen molar-refractivity contribution in [2.75, 3.05) is 7.05 Å². The molecule has 1 unspecified atom stereocenters. The molecule has 3 aromatic rings. The van der Waals surface area contributed by atoms with E-state index in [9.17, 15) is 0 Å². The average molecular weight is 267 g/mol. The maximum Gasteiger partial charge on any atom is 0.115 e. The predicted molar refractivity (Wildman–Crippen MR) is 78.3 cm³/mol. The molecule has 0 bridgehead atoms. The fourth-order valence-corrected chi connectivity index (χ4v) is 2.51. The van der Waals surface area contributed by atoms with Crippen LogP contribution >= 0.6 is 0 Å². The normalized spacial score (nSPS) is 12.7. The first-order valence-electron chi connectivity index (χ1n) is 6.62. The molecule has 102 valence electrons. The zero-order chi connectivity index (χ0) is 13.9. The van der Waals surface area contributed by atoms with Crippen molar-refractivity contribution in [2.24, 2.45) is 7.05 Å². The van der Waals surface area contributed by atoms with E-state index in [0.717, 1.165) is 23.2 Å². The minimum absolute atomic E-state index is 0.162. The van der Waals surface area contributed by atoms with Crippen LogP contribution in [0.5, 0.6) is 0 Å². The summed E-state index contributed by atoms with van der Waals surface area (Å²) in [5.74, 6) is 0. The molecule has 0 saturated heterocycles. The molecule has 3 rings (SSSR count). The number of para-hydroxylation sites is 1. The van der Waals surface area contributed by atoms with E-state index in [4.69, 9.17) is 0 Å². The Hall–Kier alpha value is -2.27. The molecule has 0 spiro atoms. The van der Waals surface area contributed by atoms with Gasteiger partial charge in [-0.25, -0.2) is 9.97 Å². The SMILES string of the molecule is CNC(Cc1nn(C)c2ccccc12)c1cncnc1. The van der Waals surface area contributed by atoms with Crippen LogP contribution in [0.3, 0.4) is 0 Å². The first-order chi connectivity index (χ1) is 9.79. The topological polar surface area (TPSA) is 55.6 Å². The highest BCUT2D eigenvalue weighted by Gasteiger charge is 2.15. The molecule has 1 N–H and O–H groups in total. The summed E-state index contributed by atoms with van der Waals surface area (Å²) in [5.41, 5.74) is 3.32. The molecule has 0 aliphatic carbocycles. The van der Waals surface area contributed by atoms with Crippen molar-refractivity contribution in [3.05, 3.63) is 54.2 Å². The van der Waals surface area contributed by atoms with Gasteiger partial charge in [0.1, 0.15) is 6.33 Å². The summed E-state index contributed by atoms with van der Waals surface area (Å²) in [4.78, 5) is 8.17. The molecule has 1 atom stereocenters. The maximum atomic E-state index is 4.64. The van der Waals surface area contributed by atoms with Gasteiger partial charge in [-0.05, 0) is 13.1 Å². The van der Waals surface area contributed by atoms with Crippen molar-refractivity contribution in [1.29, 1.82) is 0 Å². The van der Waals surface area contributed by atoms with Crippen LogP contribution in [0.4, 0.5) is 0 Å². The molecule has 2 heterocycles. The molecular weight excluding hydrogens is 250 g/mol. The predicted octanol–water partition coefficient (Wildman–Crippen LogP) is 1.87. The monoisotopic (exact) mass is 267 g/mol. The molecule has 0 saturated carbocycles. The molecule has 2 aromatic heterocycles. The van der Waals surface area contributed by atoms with E-state index in [1.54, 1.807) is 6.33 Å². The van der Waals surface area contributed by atoms with Crippen LogP contribution in [-0.4, -0.2) is 26.8 Å². The molecule has 20 heavy (non-hydrogen) atoms. The molecule has 0 aliphatic heterocycles. The van der Waals surface area contributed by atoms with Crippen molar-refractivity contribution in [3.63, 3.8) is 0 Å². The van der Waals surface area contributed by atoms with Crippen LogP contribution in [0.15, 0.2) is 43.0 Å². The second-order valence-electron chi connectivity index (χ2n) is 4.80. The van der Waals surface area contributed by atoms with Crippen LogP contribution in [0.25, 0.3) is 10.9 Å². The summed E-state index contributed by atoms with van der Waals surface area (Å²) in [7, 11) is 3.93. The summed E-state index contributed by atoms with van der Waals surface area (Å²) in [6, 6.07) is 8.45. The number of rotatable bonds is 4. The van der Waals surface area contributed by atoms with E-state index >= 15 is 0 Å². The van der Waals surface area contributed by atoms with Crippen LogP contribution < -0.4 is 5.32 Å². The van der Waals surface area contributed by atoms with Gasteiger partial charge in [-0.3, -0.25) is 4.68 Å².